The van der Waals surface area contributed by atoms with Gasteiger partial charge >= 0.3 is 0 Å². The molecule has 1 aliphatic carbocycles. The van der Waals surface area contributed by atoms with Crippen molar-refractivity contribution in [3.8, 4) is 11.8 Å². The average molecular weight is 243 g/mol. The number of rotatable bonds is 7. The Bertz CT molecular complexity index is 405. The summed E-state index contributed by atoms with van der Waals surface area (Å²) in [5.41, 5.74) is -0.587. The molecule has 2 heteroatoms. The number of ether oxygens (including phenoxy) is 1. The van der Waals surface area contributed by atoms with Gasteiger partial charge in [-0.2, -0.15) is 5.26 Å². The van der Waals surface area contributed by atoms with Gasteiger partial charge in [-0.05, 0) is 31.4 Å². The second-order valence-corrected chi connectivity index (χ2v) is 5.15. The monoisotopic (exact) mass is 243 g/mol. The SMILES string of the molecule is CCCCCC(C#N)(Oc1ccccc1)C1CC1. The lowest BCUT2D eigenvalue weighted by atomic mass is 9.92. The molecule has 18 heavy (non-hydrogen) atoms. The molecule has 0 spiro atoms. The third kappa shape index (κ3) is 3.04. The molecule has 2 rings (SSSR count). The van der Waals surface area contributed by atoms with Crippen molar-refractivity contribution in [2.24, 2.45) is 5.92 Å². The van der Waals surface area contributed by atoms with Crippen molar-refractivity contribution < 1.29 is 4.74 Å². The fraction of sp³-hybridized carbons (Fsp3) is 0.562. The molecule has 1 atom stereocenters. The molecule has 1 unspecified atom stereocenters. The van der Waals surface area contributed by atoms with E-state index in [2.05, 4.69) is 13.0 Å². The molecule has 0 aromatic heterocycles. The Labute approximate surface area is 110 Å². The largest absolute Gasteiger partial charge is 0.472 e. The van der Waals surface area contributed by atoms with Crippen LogP contribution in [0.25, 0.3) is 0 Å². The molecule has 0 bridgehead atoms. The third-order valence-corrected chi connectivity index (χ3v) is 3.62. The smallest absolute Gasteiger partial charge is 0.197 e. The lowest BCUT2D eigenvalue weighted by Gasteiger charge is -2.28. The van der Waals surface area contributed by atoms with Crippen LogP contribution in [-0.4, -0.2) is 5.60 Å². The van der Waals surface area contributed by atoms with Crippen LogP contribution in [0.4, 0.5) is 0 Å². The highest BCUT2D eigenvalue weighted by atomic mass is 16.5. The van der Waals surface area contributed by atoms with Gasteiger partial charge < -0.3 is 4.74 Å². The van der Waals surface area contributed by atoms with Crippen molar-refractivity contribution >= 4 is 0 Å². The first-order chi connectivity index (χ1) is 8.80. The van der Waals surface area contributed by atoms with E-state index >= 15 is 0 Å². The second-order valence-electron chi connectivity index (χ2n) is 5.15. The van der Waals surface area contributed by atoms with E-state index in [9.17, 15) is 5.26 Å². The van der Waals surface area contributed by atoms with Crippen molar-refractivity contribution in [3.63, 3.8) is 0 Å². The first-order valence-corrected chi connectivity index (χ1v) is 6.96. The molecule has 1 saturated carbocycles. The Morgan fingerprint density at radius 2 is 2.00 bits per heavy atom. The molecule has 1 aliphatic rings. The van der Waals surface area contributed by atoms with E-state index in [1.807, 2.05) is 30.3 Å². The van der Waals surface area contributed by atoms with Gasteiger partial charge in [-0.1, -0.05) is 38.0 Å². The molecule has 0 saturated heterocycles. The third-order valence-electron chi connectivity index (χ3n) is 3.62. The Balaban J connectivity index is 2.07. The number of para-hydroxylation sites is 1. The van der Waals surface area contributed by atoms with Gasteiger partial charge in [0.05, 0.1) is 0 Å². The zero-order chi connectivity index (χ0) is 12.8. The molecule has 2 nitrogen and oxygen atoms in total. The maximum atomic E-state index is 9.57. The van der Waals surface area contributed by atoms with Crippen molar-refractivity contribution in [1.29, 1.82) is 5.26 Å². The van der Waals surface area contributed by atoms with Crippen molar-refractivity contribution in [2.75, 3.05) is 0 Å². The highest BCUT2D eigenvalue weighted by Gasteiger charge is 2.47. The van der Waals surface area contributed by atoms with Crippen LogP contribution in [-0.2, 0) is 0 Å². The normalized spacial score (nSPS) is 17.8. The first kappa shape index (κ1) is 13.0. The summed E-state index contributed by atoms with van der Waals surface area (Å²) in [6, 6.07) is 12.2. The molecule has 1 aromatic rings. The van der Waals surface area contributed by atoms with Gasteiger partial charge in [-0.25, -0.2) is 0 Å². The zero-order valence-electron chi connectivity index (χ0n) is 11.1. The molecule has 96 valence electrons. The van der Waals surface area contributed by atoms with Gasteiger partial charge in [-0.15, -0.1) is 0 Å². The minimum atomic E-state index is -0.587. The van der Waals surface area contributed by atoms with Crippen LogP contribution in [0.3, 0.4) is 0 Å². The van der Waals surface area contributed by atoms with E-state index in [0.29, 0.717) is 5.92 Å². The van der Waals surface area contributed by atoms with Crippen molar-refractivity contribution in [2.45, 2.75) is 51.0 Å². The number of benzene rings is 1. The van der Waals surface area contributed by atoms with Crippen LogP contribution >= 0.6 is 0 Å². The van der Waals surface area contributed by atoms with Gasteiger partial charge in [0.1, 0.15) is 11.8 Å². The van der Waals surface area contributed by atoms with E-state index in [1.54, 1.807) is 0 Å². The van der Waals surface area contributed by atoms with Crippen LogP contribution in [0.1, 0.15) is 45.4 Å². The van der Waals surface area contributed by atoms with Gasteiger partial charge in [0.25, 0.3) is 0 Å². The fourth-order valence-corrected chi connectivity index (χ4v) is 2.39. The standard InChI is InChI=1S/C16H21NO/c1-2-3-7-12-16(13-17,14-10-11-14)18-15-8-5-4-6-9-15/h4-6,8-9,14H,2-3,7,10-12H2,1H3. The van der Waals surface area contributed by atoms with Crippen LogP contribution in [0.15, 0.2) is 30.3 Å². The molecule has 1 fully saturated rings. The zero-order valence-corrected chi connectivity index (χ0v) is 11.1. The quantitative estimate of drug-likeness (QED) is 0.668. The molecule has 0 radical (unpaired) electrons. The highest BCUT2D eigenvalue weighted by Crippen LogP contribution is 2.44. The first-order valence-electron chi connectivity index (χ1n) is 6.96. The Hall–Kier alpha value is -1.49. The fourth-order valence-electron chi connectivity index (χ4n) is 2.39. The summed E-state index contributed by atoms with van der Waals surface area (Å²) in [5.74, 6) is 1.25. The summed E-state index contributed by atoms with van der Waals surface area (Å²) in [5, 5.41) is 9.57. The van der Waals surface area contributed by atoms with Crippen LogP contribution < -0.4 is 4.74 Å². The number of nitriles is 1. The van der Waals surface area contributed by atoms with Crippen LogP contribution in [0, 0.1) is 17.2 Å². The summed E-state index contributed by atoms with van der Waals surface area (Å²) < 4.78 is 6.06. The number of hydrogen-bond acceptors (Lipinski definition) is 2. The topological polar surface area (TPSA) is 33.0 Å². The lowest BCUT2D eigenvalue weighted by molar-refractivity contribution is 0.0908. The van der Waals surface area contributed by atoms with Crippen molar-refractivity contribution in [1.82, 2.24) is 0 Å². The maximum absolute atomic E-state index is 9.57. The molecule has 0 aliphatic heterocycles. The minimum Gasteiger partial charge on any atom is -0.472 e. The molecular weight excluding hydrogens is 222 g/mol. The molecule has 1 aromatic carbocycles. The van der Waals surface area contributed by atoms with Crippen molar-refractivity contribution in [3.05, 3.63) is 30.3 Å². The van der Waals surface area contributed by atoms with Gasteiger partial charge in [-0.3, -0.25) is 0 Å². The minimum absolute atomic E-state index is 0.430. The lowest BCUT2D eigenvalue weighted by Crippen LogP contribution is -2.37. The second kappa shape index (κ2) is 5.91. The van der Waals surface area contributed by atoms with Crippen LogP contribution in [0.5, 0.6) is 5.75 Å². The molecular formula is C16H21NO. The maximum Gasteiger partial charge on any atom is 0.197 e. The Morgan fingerprint density at radius 1 is 1.28 bits per heavy atom. The number of nitrogens with zero attached hydrogens (tertiary/aromatic N) is 1. The van der Waals surface area contributed by atoms with Gasteiger partial charge in [0.15, 0.2) is 5.60 Å². The van der Waals surface area contributed by atoms with Gasteiger partial charge in [0, 0.05) is 12.3 Å². The summed E-state index contributed by atoms with van der Waals surface area (Å²) in [6.07, 6.45) is 6.55. The number of hydrogen-bond donors (Lipinski definition) is 0. The molecule has 0 N–H and O–H groups in total. The predicted molar refractivity (Wildman–Crippen MR) is 72.3 cm³/mol. The van der Waals surface area contributed by atoms with E-state index in [-0.39, 0.29) is 0 Å². The molecule has 0 heterocycles. The van der Waals surface area contributed by atoms with E-state index in [4.69, 9.17) is 4.74 Å². The summed E-state index contributed by atoms with van der Waals surface area (Å²) >= 11 is 0. The summed E-state index contributed by atoms with van der Waals surface area (Å²) in [4.78, 5) is 0. The Kier molecular flexibility index (Phi) is 4.25. The van der Waals surface area contributed by atoms with E-state index < -0.39 is 5.60 Å². The number of unbranched alkanes of at least 4 members (excludes halogenated alkanes) is 2. The predicted octanol–water partition coefficient (Wildman–Crippen LogP) is 4.32. The van der Waals surface area contributed by atoms with E-state index in [1.165, 1.54) is 12.8 Å². The van der Waals surface area contributed by atoms with Crippen LogP contribution in [0.2, 0.25) is 0 Å². The van der Waals surface area contributed by atoms with Gasteiger partial charge in [0.2, 0.25) is 0 Å². The summed E-state index contributed by atoms with van der Waals surface area (Å²) in [7, 11) is 0. The highest BCUT2D eigenvalue weighted by molar-refractivity contribution is 5.25. The average Bonchev–Trinajstić information content (AvgIpc) is 3.24. The molecule has 0 amide bonds. The summed E-state index contributed by atoms with van der Waals surface area (Å²) in [6.45, 7) is 2.18. The Morgan fingerprint density at radius 3 is 2.56 bits per heavy atom. The van der Waals surface area contributed by atoms with E-state index in [0.717, 1.165) is 31.4 Å².